The number of pyridine rings is 1. The van der Waals surface area contributed by atoms with Crippen LogP contribution in [0.5, 0.6) is 5.75 Å². The van der Waals surface area contributed by atoms with Gasteiger partial charge in [0.15, 0.2) is 0 Å². The van der Waals surface area contributed by atoms with E-state index in [0.717, 1.165) is 33.1 Å². The normalized spacial score (nSPS) is 10.6. The number of nitrogens with two attached hydrogens (primary N) is 1. The predicted molar refractivity (Wildman–Crippen MR) is 73.2 cm³/mol. The minimum atomic E-state index is 0.703. The highest BCUT2D eigenvalue weighted by Crippen LogP contribution is 2.33. The fourth-order valence-electron chi connectivity index (χ4n) is 1.81. The Kier molecular flexibility index (Phi) is 3.49. The molecule has 90 valence electrons. The largest absolute Gasteiger partial charge is 0.496 e. The van der Waals surface area contributed by atoms with Crippen LogP contribution in [0.4, 0.5) is 5.82 Å². The molecule has 0 saturated carbocycles. The van der Waals surface area contributed by atoms with E-state index in [2.05, 4.69) is 39.3 Å². The molecule has 1 aromatic carbocycles. The molecule has 5 heteroatoms. The summed E-state index contributed by atoms with van der Waals surface area (Å²) in [5.41, 5.74) is 4.54. The first-order valence-corrected chi connectivity index (χ1v) is 6.13. The van der Waals surface area contributed by atoms with Gasteiger partial charge in [-0.05, 0) is 46.1 Å². The number of hydrogen-bond donors (Lipinski definition) is 2. The number of halogens is 1. The van der Waals surface area contributed by atoms with Crippen molar-refractivity contribution in [1.82, 2.24) is 4.98 Å². The maximum absolute atomic E-state index is 5.48. The van der Waals surface area contributed by atoms with Crippen LogP contribution in [-0.4, -0.2) is 12.1 Å². The Labute approximate surface area is 108 Å². The number of fused-ring (bicyclic) bond motifs is 1. The Morgan fingerprint density at radius 1 is 1.47 bits per heavy atom. The zero-order valence-corrected chi connectivity index (χ0v) is 11.3. The van der Waals surface area contributed by atoms with Gasteiger partial charge in [0.2, 0.25) is 0 Å². The van der Waals surface area contributed by atoms with E-state index in [0.29, 0.717) is 5.82 Å². The minimum absolute atomic E-state index is 0.703. The number of nitrogens with zero attached hydrogens (tertiary/aromatic N) is 1. The van der Waals surface area contributed by atoms with Crippen LogP contribution in [0, 0.1) is 0 Å². The smallest absolute Gasteiger partial charge is 0.143 e. The Bertz CT molecular complexity index is 557. The van der Waals surface area contributed by atoms with Crippen LogP contribution in [0.2, 0.25) is 0 Å². The molecule has 0 unspecified atom stereocenters. The van der Waals surface area contributed by atoms with Gasteiger partial charge in [-0.3, -0.25) is 0 Å². The van der Waals surface area contributed by atoms with Crippen molar-refractivity contribution < 1.29 is 4.74 Å². The van der Waals surface area contributed by atoms with Crippen LogP contribution in [0.15, 0.2) is 22.7 Å². The maximum atomic E-state index is 5.48. The SMILES string of the molecule is CCc1cc2c(OC)ccc(Br)c2nc1NN. The fraction of sp³-hybridized carbons (Fsp3) is 0.250. The van der Waals surface area contributed by atoms with Crippen molar-refractivity contribution in [2.24, 2.45) is 5.84 Å². The van der Waals surface area contributed by atoms with Crippen molar-refractivity contribution >= 4 is 32.7 Å². The number of hydrogen-bond acceptors (Lipinski definition) is 4. The average molecular weight is 296 g/mol. The standard InChI is InChI=1S/C12H14BrN3O/c1-3-7-6-8-10(17-2)5-4-9(13)11(8)15-12(7)16-14/h4-6H,3,14H2,1-2H3,(H,15,16). The quantitative estimate of drug-likeness (QED) is 0.675. The number of nitrogen functional groups attached to an aromatic ring is 1. The number of methoxy groups -OCH3 is 1. The van der Waals surface area contributed by atoms with Crippen LogP contribution in [-0.2, 0) is 6.42 Å². The lowest BCUT2D eigenvalue weighted by molar-refractivity contribution is 0.419. The van der Waals surface area contributed by atoms with Crippen LogP contribution in [0.3, 0.4) is 0 Å². The molecule has 3 N–H and O–H groups in total. The van der Waals surface area contributed by atoms with Crippen molar-refractivity contribution in [1.29, 1.82) is 0 Å². The number of benzene rings is 1. The van der Waals surface area contributed by atoms with E-state index in [1.807, 2.05) is 12.1 Å². The fourth-order valence-corrected chi connectivity index (χ4v) is 2.25. The molecule has 0 amide bonds. The molecule has 0 saturated heterocycles. The molecule has 17 heavy (non-hydrogen) atoms. The van der Waals surface area contributed by atoms with Crippen molar-refractivity contribution in [2.75, 3.05) is 12.5 Å². The van der Waals surface area contributed by atoms with Crippen LogP contribution >= 0.6 is 15.9 Å². The summed E-state index contributed by atoms with van der Waals surface area (Å²) in [6, 6.07) is 5.89. The number of nitrogens with one attached hydrogen (secondary N) is 1. The molecule has 0 aliphatic rings. The third-order valence-corrected chi connectivity index (χ3v) is 3.35. The molecular weight excluding hydrogens is 282 g/mol. The predicted octanol–water partition coefficient (Wildman–Crippen LogP) is 2.85. The van der Waals surface area contributed by atoms with Gasteiger partial charge in [0.05, 0.1) is 12.6 Å². The lowest BCUT2D eigenvalue weighted by Gasteiger charge is -2.11. The van der Waals surface area contributed by atoms with Gasteiger partial charge in [0, 0.05) is 9.86 Å². The Morgan fingerprint density at radius 2 is 2.24 bits per heavy atom. The molecular formula is C12H14BrN3O. The van der Waals surface area contributed by atoms with Crippen LogP contribution in [0.25, 0.3) is 10.9 Å². The second-order valence-electron chi connectivity index (χ2n) is 3.64. The maximum Gasteiger partial charge on any atom is 0.143 e. The van der Waals surface area contributed by atoms with Gasteiger partial charge in [-0.2, -0.15) is 0 Å². The molecule has 0 spiro atoms. The molecule has 4 nitrogen and oxygen atoms in total. The summed E-state index contributed by atoms with van der Waals surface area (Å²) in [5.74, 6) is 7.00. The molecule has 0 aliphatic carbocycles. The van der Waals surface area contributed by atoms with Crippen molar-refractivity contribution in [2.45, 2.75) is 13.3 Å². The average Bonchev–Trinajstić information content (AvgIpc) is 2.38. The second-order valence-corrected chi connectivity index (χ2v) is 4.49. The number of hydrazine groups is 1. The monoisotopic (exact) mass is 295 g/mol. The van der Waals surface area contributed by atoms with Gasteiger partial charge in [-0.1, -0.05) is 6.92 Å². The number of ether oxygens (including phenoxy) is 1. The first-order chi connectivity index (χ1) is 8.21. The lowest BCUT2D eigenvalue weighted by atomic mass is 10.1. The van der Waals surface area contributed by atoms with Gasteiger partial charge in [-0.15, -0.1) is 0 Å². The first-order valence-electron chi connectivity index (χ1n) is 5.34. The van der Waals surface area contributed by atoms with E-state index in [1.54, 1.807) is 7.11 Å². The van der Waals surface area contributed by atoms with Gasteiger partial charge >= 0.3 is 0 Å². The number of anilines is 1. The molecule has 0 bridgehead atoms. The summed E-state index contributed by atoms with van der Waals surface area (Å²) in [6.07, 6.45) is 0.859. The van der Waals surface area contributed by atoms with Crippen LogP contribution < -0.4 is 16.0 Å². The first kappa shape index (κ1) is 12.1. The summed E-state index contributed by atoms with van der Waals surface area (Å²) < 4.78 is 6.27. The van der Waals surface area contributed by atoms with E-state index in [9.17, 15) is 0 Å². The van der Waals surface area contributed by atoms with E-state index < -0.39 is 0 Å². The molecule has 0 fully saturated rings. The summed E-state index contributed by atoms with van der Waals surface area (Å²) in [6.45, 7) is 2.06. The highest BCUT2D eigenvalue weighted by molar-refractivity contribution is 9.10. The zero-order chi connectivity index (χ0) is 12.4. The van der Waals surface area contributed by atoms with Gasteiger partial charge in [-0.25, -0.2) is 10.8 Å². The van der Waals surface area contributed by atoms with Crippen molar-refractivity contribution in [3.63, 3.8) is 0 Å². The summed E-state index contributed by atoms with van der Waals surface area (Å²) in [7, 11) is 1.66. The Morgan fingerprint density at radius 3 is 2.82 bits per heavy atom. The third-order valence-electron chi connectivity index (χ3n) is 2.71. The zero-order valence-electron chi connectivity index (χ0n) is 9.75. The molecule has 0 radical (unpaired) electrons. The van der Waals surface area contributed by atoms with E-state index >= 15 is 0 Å². The lowest BCUT2D eigenvalue weighted by Crippen LogP contribution is -2.11. The van der Waals surface area contributed by atoms with Crippen molar-refractivity contribution in [3.8, 4) is 5.75 Å². The number of rotatable bonds is 3. The number of aromatic nitrogens is 1. The molecule has 2 rings (SSSR count). The summed E-state index contributed by atoms with van der Waals surface area (Å²) >= 11 is 3.48. The summed E-state index contributed by atoms with van der Waals surface area (Å²) in [5, 5.41) is 0.984. The van der Waals surface area contributed by atoms with Crippen LogP contribution in [0.1, 0.15) is 12.5 Å². The minimum Gasteiger partial charge on any atom is -0.496 e. The topological polar surface area (TPSA) is 60.2 Å². The molecule has 0 aliphatic heterocycles. The Balaban J connectivity index is 2.80. The van der Waals surface area contributed by atoms with Gasteiger partial charge in [0.25, 0.3) is 0 Å². The highest BCUT2D eigenvalue weighted by atomic mass is 79.9. The van der Waals surface area contributed by atoms with E-state index in [-0.39, 0.29) is 0 Å². The van der Waals surface area contributed by atoms with E-state index in [4.69, 9.17) is 10.6 Å². The highest BCUT2D eigenvalue weighted by Gasteiger charge is 2.10. The van der Waals surface area contributed by atoms with Gasteiger partial charge < -0.3 is 10.2 Å². The Hall–Kier alpha value is -1.33. The second kappa shape index (κ2) is 4.89. The number of aryl methyl sites for hydroxylation is 1. The van der Waals surface area contributed by atoms with E-state index in [1.165, 1.54) is 0 Å². The molecule has 2 aromatic rings. The van der Waals surface area contributed by atoms with Crippen molar-refractivity contribution in [3.05, 3.63) is 28.2 Å². The molecule has 1 heterocycles. The third kappa shape index (κ3) is 2.08. The molecule has 1 aromatic heterocycles. The van der Waals surface area contributed by atoms with Gasteiger partial charge in [0.1, 0.15) is 11.6 Å². The summed E-state index contributed by atoms with van der Waals surface area (Å²) in [4.78, 5) is 4.51. The molecule has 0 atom stereocenters.